The van der Waals surface area contributed by atoms with Gasteiger partial charge in [0.1, 0.15) is 11.2 Å². The van der Waals surface area contributed by atoms with Gasteiger partial charge in [-0.05, 0) is 132 Å². The number of benzene rings is 10. The first kappa shape index (κ1) is 35.3. The van der Waals surface area contributed by atoms with Gasteiger partial charge in [-0.25, -0.2) is 0 Å². The number of rotatable bonds is 4. The summed E-state index contributed by atoms with van der Waals surface area (Å²) in [7, 11) is 0. The predicted octanol–water partition coefficient (Wildman–Crippen LogP) is 16.8. The Kier molecular flexibility index (Phi) is 7.16. The van der Waals surface area contributed by atoms with Crippen molar-refractivity contribution < 1.29 is 4.42 Å². The molecule has 62 heavy (non-hydrogen) atoms. The second-order valence-electron chi connectivity index (χ2n) is 18.5. The number of fused-ring (bicyclic) bond motifs is 15. The zero-order valence-electron chi connectivity index (χ0n) is 35.3. The summed E-state index contributed by atoms with van der Waals surface area (Å²) in [6.45, 7) is 9.41. The molecule has 13 rings (SSSR count). The molecule has 0 amide bonds. The van der Waals surface area contributed by atoms with Crippen molar-refractivity contribution in [1.29, 1.82) is 0 Å². The number of nitrogens with zero attached hydrogens (tertiary/aromatic N) is 1. The molecular weight excluding hydrogens is 751 g/mol. The molecule has 0 N–H and O–H groups in total. The Balaban J connectivity index is 1.000. The van der Waals surface area contributed by atoms with Crippen LogP contribution >= 0.6 is 0 Å². The Morgan fingerprint density at radius 1 is 0.371 bits per heavy atom. The van der Waals surface area contributed by atoms with Crippen LogP contribution in [-0.4, -0.2) is 0 Å². The van der Waals surface area contributed by atoms with Crippen LogP contribution in [0, 0.1) is 0 Å². The lowest BCUT2D eigenvalue weighted by atomic mass is 9.81. The van der Waals surface area contributed by atoms with Crippen LogP contribution < -0.4 is 4.90 Å². The van der Waals surface area contributed by atoms with Crippen LogP contribution in [0.3, 0.4) is 0 Å². The molecule has 0 saturated carbocycles. The van der Waals surface area contributed by atoms with Crippen molar-refractivity contribution in [3.8, 4) is 33.4 Å². The predicted molar refractivity (Wildman–Crippen MR) is 261 cm³/mol. The van der Waals surface area contributed by atoms with Crippen molar-refractivity contribution in [2.45, 2.75) is 38.5 Å². The lowest BCUT2D eigenvalue weighted by molar-refractivity contribution is 0.660. The second-order valence-corrected chi connectivity index (χ2v) is 18.5. The van der Waals surface area contributed by atoms with E-state index in [-0.39, 0.29) is 10.8 Å². The van der Waals surface area contributed by atoms with Gasteiger partial charge in [0.05, 0.1) is 5.69 Å². The molecule has 2 aliphatic rings. The van der Waals surface area contributed by atoms with E-state index in [0.717, 1.165) is 44.6 Å². The van der Waals surface area contributed by atoms with Crippen molar-refractivity contribution in [2.75, 3.05) is 4.90 Å². The van der Waals surface area contributed by atoms with Gasteiger partial charge in [0, 0.05) is 43.7 Å². The van der Waals surface area contributed by atoms with E-state index in [2.05, 4.69) is 221 Å². The molecule has 1 aromatic heterocycles. The third kappa shape index (κ3) is 4.81. The second kappa shape index (κ2) is 12.6. The number of hydrogen-bond donors (Lipinski definition) is 0. The molecule has 0 spiro atoms. The molecule has 10 aromatic carbocycles. The van der Waals surface area contributed by atoms with Gasteiger partial charge in [-0.3, -0.25) is 0 Å². The van der Waals surface area contributed by atoms with Crippen molar-refractivity contribution in [3.63, 3.8) is 0 Å². The number of anilines is 3. The van der Waals surface area contributed by atoms with Crippen LogP contribution in [0.25, 0.3) is 87.6 Å². The summed E-state index contributed by atoms with van der Waals surface area (Å²) in [4.78, 5) is 2.46. The average Bonchev–Trinajstić information content (AvgIpc) is 3.89. The van der Waals surface area contributed by atoms with Gasteiger partial charge >= 0.3 is 0 Å². The van der Waals surface area contributed by atoms with Crippen molar-refractivity contribution in [3.05, 3.63) is 210 Å². The molecule has 0 saturated heterocycles. The lowest BCUT2D eigenvalue weighted by Crippen LogP contribution is -2.16. The summed E-state index contributed by atoms with van der Waals surface area (Å²) in [6, 6.07) is 69.8. The van der Waals surface area contributed by atoms with E-state index in [4.69, 9.17) is 4.42 Å². The highest BCUT2D eigenvalue weighted by atomic mass is 16.3. The minimum atomic E-state index is -0.123. The minimum Gasteiger partial charge on any atom is -0.455 e. The monoisotopic (exact) mass is 793 g/mol. The molecule has 294 valence electrons. The first-order valence-corrected chi connectivity index (χ1v) is 21.8. The van der Waals surface area contributed by atoms with Gasteiger partial charge in [-0.1, -0.05) is 161 Å². The summed E-state index contributed by atoms with van der Waals surface area (Å²) >= 11 is 0. The lowest BCUT2D eigenvalue weighted by Gasteiger charge is -2.29. The molecule has 0 aliphatic heterocycles. The van der Waals surface area contributed by atoms with Crippen molar-refractivity contribution in [2.24, 2.45) is 0 Å². The van der Waals surface area contributed by atoms with E-state index >= 15 is 0 Å². The molecule has 0 unspecified atom stereocenters. The zero-order valence-corrected chi connectivity index (χ0v) is 35.3. The molecule has 0 bridgehead atoms. The van der Waals surface area contributed by atoms with Gasteiger partial charge in [0.15, 0.2) is 0 Å². The van der Waals surface area contributed by atoms with Crippen molar-refractivity contribution >= 4 is 71.3 Å². The van der Waals surface area contributed by atoms with E-state index in [1.165, 1.54) is 82.4 Å². The largest absolute Gasteiger partial charge is 0.455 e. The minimum absolute atomic E-state index is 0.0612. The Labute approximate surface area is 361 Å². The number of furan rings is 1. The molecule has 0 fully saturated rings. The molecule has 2 aliphatic carbocycles. The van der Waals surface area contributed by atoms with Gasteiger partial charge in [-0.15, -0.1) is 0 Å². The molecule has 0 atom stereocenters. The summed E-state index contributed by atoms with van der Waals surface area (Å²) in [5.74, 6) is 0. The standard InChI is InChI=1S/C60H43NO/c1-59(2)51-21-11-9-18-43(51)45-28-24-37(32-53(45)59)38-25-29-49-56(33-38)62-58-48-31-27-39(34-50(48)42-17-7-8-20-47(42)57(49)58)61(55-23-13-15-36-14-5-6-16-41(36)55)40-26-30-46-44-19-10-12-22-52(44)60(3,4)54(46)35-40/h5-35H,1-4H3. The van der Waals surface area contributed by atoms with E-state index in [1.807, 2.05) is 0 Å². The maximum atomic E-state index is 7.04. The molecule has 2 heteroatoms. The molecule has 0 radical (unpaired) electrons. The third-order valence-electron chi connectivity index (χ3n) is 14.4. The van der Waals surface area contributed by atoms with Gasteiger partial charge in [-0.2, -0.15) is 0 Å². The summed E-state index contributed by atoms with van der Waals surface area (Å²) < 4.78 is 7.04. The fourth-order valence-corrected chi connectivity index (χ4v) is 11.3. The van der Waals surface area contributed by atoms with Crippen LogP contribution in [0.2, 0.25) is 0 Å². The van der Waals surface area contributed by atoms with Crippen LogP contribution in [0.1, 0.15) is 49.9 Å². The van der Waals surface area contributed by atoms with Crippen LogP contribution in [0.5, 0.6) is 0 Å². The first-order valence-electron chi connectivity index (χ1n) is 21.8. The highest BCUT2D eigenvalue weighted by Gasteiger charge is 2.37. The molecule has 1 heterocycles. The molecule has 11 aromatic rings. The van der Waals surface area contributed by atoms with Crippen LogP contribution in [-0.2, 0) is 10.8 Å². The fourth-order valence-electron chi connectivity index (χ4n) is 11.3. The Hall–Kier alpha value is -7.42. The third-order valence-corrected chi connectivity index (χ3v) is 14.4. The average molecular weight is 794 g/mol. The SMILES string of the molecule is CC1(C)c2ccccc2-c2ccc(-c3ccc4c(c3)oc3c5ccc(N(c6ccc7c(c6)C(C)(C)c6ccccc6-7)c6cccc7ccccc67)cc5c5ccccc5c43)cc21. The molecule has 2 nitrogen and oxygen atoms in total. The first-order chi connectivity index (χ1) is 30.3. The van der Waals surface area contributed by atoms with E-state index in [9.17, 15) is 0 Å². The Morgan fingerprint density at radius 2 is 0.919 bits per heavy atom. The fraction of sp³-hybridized carbons (Fsp3) is 0.100. The highest BCUT2D eigenvalue weighted by molar-refractivity contribution is 6.30. The number of hydrogen-bond acceptors (Lipinski definition) is 2. The highest BCUT2D eigenvalue weighted by Crippen LogP contribution is 2.53. The van der Waals surface area contributed by atoms with E-state index in [1.54, 1.807) is 0 Å². The van der Waals surface area contributed by atoms with Gasteiger partial charge in [0.2, 0.25) is 0 Å². The summed E-state index contributed by atoms with van der Waals surface area (Å²) in [5.41, 5.74) is 18.2. The maximum Gasteiger partial charge on any atom is 0.143 e. The van der Waals surface area contributed by atoms with Gasteiger partial charge < -0.3 is 9.32 Å². The van der Waals surface area contributed by atoms with Crippen molar-refractivity contribution in [1.82, 2.24) is 0 Å². The summed E-state index contributed by atoms with van der Waals surface area (Å²) in [6.07, 6.45) is 0. The maximum absolute atomic E-state index is 7.04. The smallest absolute Gasteiger partial charge is 0.143 e. The Bertz CT molecular complexity index is 3710. The quantitative estimate of drug-likeness (QED) is 0.165. The molecular formula is C60H43NO. The normalized spacial score (nSPS) is 14.4. The van der Waals surface area contributed by atoms with Crippen LogP contribution in [0.15, 0.2) is 192 Å². The van der Waals surface area contributed by atoms with Gasteiger partial charge in [0.25, 0.3) is 0 Å². The van der Waals surface area contributed by atoms with E-state index < -0.39 is 0 Å². The Morgan fingerprint density at radius 3 is 1.69 bits per heavy atom. The topological polar surface area (TPSA) is 16.4 Å². The zero-order chi connectivity index (χ0) is 41.5. The van der Waals surface area contributed by atoms with Crippen LogP contribution in [0.4, 0.5) is 17.1 Å². The van der Waals surface area contributed by atoms with E-state index in [0.29, 0.717) is 0 Å². The summed E-state index contributed by atoms with van der Waals surface area (Å²) in [5, 5.41) is 9.43.